The first-order valence-corrected chi connectivity index (χ1v) is 8.17. The Bertz CT molecular complexity index is 663. The molecule has 1 aromatic carbocycles. The van der Waals surface area contributed by atoms with E-state index in [4.69, 9.17) is 9.47 Å². The van der Waals surface area contributed by atoms with Gasteiger partial charge in [0, 0.05) is 25.1 Å². The Kier molecular flexibility index (Phi) is 5.32. The zero-order valence-electron chi connectivity index (χ0n) is 13.7. The molecule has 0 aliphatic carbocycles. The summed E-state index contributed by atoms with van der Waals surface area (Å²) in [7, 11) is 0. The monoisotopic (exact) mass is 330 g/mol. The highest BCUT2D eigenvalue weighted by atomic mass is 16.5. The van der Waals surface area contributed by atoms with Crippen LogP contribution in [0.15, 0.2) is 36.7 Å². The number of aromatic nitrogens is 2. The van der Waals surface area contributed by atoms with Crippen LogP contribution in [0, 0.1) is 0 Å². The number of nitrogens with zero attached hydrogens (tertiary/aromatic N) is 2. The Morgan fingerprint density at radius 2 is 1.96 bits per heavy atom. The Morgan fingerprint density at radius 1 is 1.25 bits per heavy atom. The molecule has 1 saturated heterocycles. The van der Waals surface area contributed by atoms with E-state index < -0.39 is 0 Å². The number of benzene rings is 1. The summed E-state index contributed by atoms with van der Waals surface area (Å²) in [5.74, 6) is 0.779. The standard InChI is InChI=1S/C17H22N4O3/c1-2-24-16-5-3-13(4-6-16)19-17(22)20-14-11-18-21(12-14)15-7-9-23-10-8-15/h3-6,11-12,15H,2,7-10H2,1H3,(H2,19,20,22). The molecular weight excluding hydrogens is 308 g/mol. The molecule has 1 aliphatic heterocycles. The van der Waals surface area contributed by atoms with Crippen molar-refractivity contribution < 1.29 is 14.3 Å². The summed E-state index contributed by atoms with van der Waals surface area (Å²) >= 11 is 0. The molecular formula is C17H22N4O3. The predicted molar refractivity (Wildman–Crippen MR) is 91.6 cm³/mol. The van der Waals surface area contributed by atoms with E-state index in [-0.39, 0.29) is 6.03 Å². The number of rotatable bonds is 5. The molecule has 24 heavy (non-hydrogen) atoms. The molecule has 0 saturated carbocycles. The van der Waals surface area contributed by atoms with Gasteiger partial charge in [-0.1, -0.05) is 0 Å². The van der Waals surface area contributed by atoms with E-state index in [0.717, 1.165) is 31.8 Å². The van der Waals surface area contributed by atoms with Crippen LogP contribution in [0.25, 0.3) is 0 Å². The zero-order chi connectivity index (χ0) is 16.8. The van der Waals surface area contributed by atoms with Crippen molar-refractivity contribution in [3.05, 3.63) is 36.7 Å². The number of nitrogens with one attached hydrogen (secondary N) is 2. The average Bonchev–Trinajstić information content (AvgIpc) is 3.06. The summed E-state index contributed by atoms with van der Waals surface area (Å²) in [6, 6.07) is 7.28. The molecule has 2 N–H and O–H groups in total. The van der Waals surface area contributed by atoms with Crippen LogP contribution in [0.3, 0.4) is 0 Å². The van der Waals surface area contributed by atoms with Crippen molar-refractivity contribution in [1.82, 2.24) is 9.78 Å². The van der Waals surface area contributed by atoms with Crippen LogP contribution in [0.2, 0.25) is 0 Å². The summed E-state index contributed by atoms with van der Waals surface area (Å²) in [5, 5.41) is 9.91. The lowest BCUT2D eigenvalue weighted by molar-refractivity contribution is 0.0662. The van der Waals surface area contributed by atoms with E-state index in [9.17, 15) is 4.79 Å². The molecule has 7 nitrogen and oxygen atoms in total. The lowest BCUT2D eigenvalue weighted by Gasteiger charge is -2.22. The number of hydrogen-bond acceptors (Lipinski definition) is 4. The van der Waals surface area contributed by atoms with Gasteiger partial charge in [-0.3, -0.25) is 4.68 Å². The van der Waals surface area contributed by atoms with Crippen molar-refractivity contribution in [3.8, 4) is 5.75 Å². The molecule has 0 atom stereocenters. The highest BCUT2D eigenvalue weighted by Gasteiger charge is 2.16. The molecule has 1 aliphatic rings. The number of carbonyl (C=O) groups excluding carboxylic acids is 1. The normalized spacial score (nSPS) is 15.0. The molecule has 1 fully saturated rings. The maximum Gasteiger partial charge on any atom is 0.323 e. The minimum Gasteiger partial charge on any atom is -0.494 e. The Morgan fingerprint density at radius 3 is 2.67 bits per heavy atom. The number of ether oxygens (including phenoxy) is 2. The van der Waals surface area contributed by atoms with E-state index in [1.807, 2.05) is 29.9 Å². The van der Waals surface area contributed by atoms with Gasteiger partial charge in [-0.05, 0) is 44.0 Å². The highest BCUT2D eigenvalue weighted by molar-refractivity contribution is 5.99. The number of hydrogen-bond donors (Lipinski definition) is 2. The van der Waals surface area contributed by atoms with Gasteiger partial charge in [-0.25, -0.2) is 4.79 Å². The first-order chi connectivity index (χ1) is 11.7. The van der Waals surface area contributed by atoms with E-state index in [1.165, 1.54) is 0 Å². The third-order valence-electron chi connectivity index (χ3n) is 3.85. The van der Waals surface area contributed by atoms with Gasteiger partial charge >= 0.3 is 6.03 Å². The Labute approximate surface area is 140 Å². The van der Waals surface area contributed by atoms with Gasteiger partial charge in [-0.15, -0.1) is 0 Å². The van der Waals surface area contributed by atoms with Crippen LogP contribution in [0.5, 0.6) is 5.75 Å². The fraction of sp³-hybridized carbons (Fsp3) is 0.412. The third kappa shape index (κ3) is 4.26. The van der Waals surface area contributed by atoms with Gasteiger partial charge in [0.2, 0.25) is 0 Å². The second-order valence-corrected chi connectivity index (χ2v) is 5.59. The van der Waals surface area contributed by atoms with Crippen LogP contribution < -0.4 is 15.4 Å². The fourth-order valence-electron chi connectivity index (χ4n) is 2.65. The summed E-state index contributed by atoms with van der Waals surface area (Å²) in [6.45, 7) is 4.06. The molecule has 0 bridgehead atoms. The Balaban J connectivity index is 1.53. The van der Waals surface area contributed by atoms with E-state index in [1.54, 1.807) is 18.3 Å². The average molecular weight is 330 g/mol. The lowest BCUT2D eigenvalue weighted by atomic mass is 10.1. The molecule has 3 rings (SSSR count). The smallest absolute Gasteiger partial charge is 0.323 e. The van der Waals surface area contributed by atoms with Crippen molar-refractivity contribution in [2.45, 2.75) is 25.8 Å². The Hall–Kier alpha value is -2.54. The van der Waals surface area contributed by atoms with Crippen molar-refractivity contribution in [2.24, 2.45) is 0 Å². The van der Waals surface area contributed by atoms with Crippen molar-refractivity contribution in [2.75, 3.05) is 30.5 Å². The van der Waals surface area contributed by atoms with Gasteiger partial charge in [0.25, 0.3) is 0 Å². The minimum atomic E-state index is -0.300. The molecule has 0 unspecified atom stereocenters. The second-order valence-electron chi connectivity index (χ2n) is 5.59. The molecule has 7 heteroatoms. The number of carbonyl (C=O) groups is 1. The SMILES string of the molecule is CCOc1ccc(NC(=O)Nc2cnn(C3CCOCC3)c2)cc1. The summed E-state index contributed by atoms with van der Waals surface area (Å²) in [4.78, 5) is 12.1. The molecule has 128 valence electrons. The number of urea groups is 1. The largest absolute Gasteiger partial charge is 0.494 e. The quantitative estimate of drug-likeness (QED) is 0.882. The van der Waals surface area contributed by atoms with E-state index in [2.05, 4.69) is 15.7 Å². The van der Waals surface area contributed by atoms with Gasteiger partial charge < -0.3 is 20.1 Å². The first kappa shape index (κ1) is 16.3. The molecule has 2 heterocycles. The maximum absolute atomic E-state index is 12.1. The predicted octanol–water partition coefficient (Wildman–Crippen LogP) is 3.28. The molecule has 0 radical (unpaired) electrons. The van der Waals surface area contributed by atoms with Crippen molar-refractivity contribution in [1.29, 1.82) is 0 Å². The summed E-state index contributed by atoms with van der Waals surface area (Å²) in [5.41, 5.74) is 1.37. The van der Waals surface area contributed by atoms with Crippen molar-refractivity contribution in [3.63, 3.8) is 0 Å². The van der Waals surface area contributed by atoms with Crippen molar-refractivity contribution >= 4 is 17.4 Å². The van der Waals surface area contributed by atoms with Crippen LogP contribution in [-0.4, -0.2) is 35.6 Å². The van der Waals surface area contributed by atoms with Crippen LogP contribution in [0.4, 0.5) is 16.2 Å². The minimum absolute atomic E-state index is 0.300. The maximum atomic E-state index is 12.1. The topological polar surface area (TPSA) is 77.4 Å². The van der Waals surface area contributed by atoms with Crippen LogP contribution >= 0.6 is 0 Å². The molecule has 2 amide bonds. The fourth-order valence-corrected chi connectivity index (χ4v) is 2.65. The zero-order valence-corrected chi connectivity index (χ0v) is 13.7. The molecule has 2 aromatic rings. The number of amides is 2. The van der Waals surface area contributed by atoms with E-state index >= 15 is 0 Å². The van der Waals surface area contributed by atoms with Gasteiger partial charge in [0.05, 0.1) is 24.5 Å². The summed E-state index contributed by atoms with van der Waals surface area (Å²) in [6.07, 6.45) is 5.40. The summed E-state index contributed by atoms with van der Waals surface area (Å²) < 4.78 is 12.6. The lowest BCUT2D eigenvalue weighted by Crippen LogP contribution is -2.20. The van der Waals surface area contributed by atoms with Crippen LogP contribution in [0.1, 0.15) is 25.8 Å². The first-order valence-electron chi connectivity index (χ1n) is 8.17. The van der Waals surface area contributed by atoms with Gasteiger partial charge in [-0.2, -0.15) is 5.10 Å². The third-order valence-corrected chi connectivity index (χ3v) is 3.85. The second kappa shape index (κ2) is 7.83. The molecule has 0 spiro atoms. The number of anilines is 2. The molecule has 1 aromatic heterocycles. The van der Waals surface area contributed by atoms with Crippen LogP contribution in [-0.2, 0) is 4.74 Å². The van der Waals surface area contributed by atoms with E-state index in [0.29, 0.717) is 24.0 Å². The van der Waals surface area contributed by atoms with Gasteiger partial charge in [0.1, 0.15) is 5.75 Å². The van der Waals surface area contributed by atoms with Gasteiger partial charge in [0.15, 0.2) is 0 Å². The highest BCUT2D eigenvalue weighted by Crippen LogP contribution is 2.21.